The van der Waals surface area contributed by atoms with Gasteiger partial charge < -0.3 is 10.3 Å². The summed E-state index contributed by atoms with van der Waals surface area (Å²) in [6.45, 7) is 0. The Morgan fingerprint density at radius 2 is 2.31 bits per heavy atom. The minimum absolute atomic E-state index is 0.360. The quantitative estimate of drug-likeness (QED) is 0.604. The number of nitrogens with zero attached hydrogens (tertiary/aromatic N) is 2. The maximum absolute atomic E-state index is 10.9. The molecular formula is C7H7N3O3. The Bertz CT molecular complexity index is 405. The second kappa shape index (κ2) is 4.05. The van der Waals surface area contributed by atoms with Gasteiger partial charge >= 0.3 is 6.03 Å². The normalized spacial score (nSPS) is 8.92. The summed E-state index contributed by atoms with van der Waals surface area (Å²) in [7, 11) is 0. The van der Waals surface area contributed by atoms with Crippen LogP contribution in [0.15, 0.2) is 40.0 Å². The fourth-order valence-corrected chi connectivity index (χ4v) is 0.577. The number of carbonyl (C=O) groups excluding carboxylic acids is 1. The van der Waals surface area contributed by atoms with Gasteiger partial charge in [0.1, 0.15) is 6.26 Å². The Labute approximate surface area is 72.9 Å². The molecule has 0 aliphatic carbocycles. The van der Waals surface area contributed by atoms with Gasteiger partial charge in [-0.25, -0.2) is 4.79 Å². The van der Waals surface area contributed by atoms with Crippen molar-refractivity contribution in [3.63, 3.8) is 0 Å². The van der Waals surface area contributed by atoms with Crippen molar-refractivity contribution in [1.82, 2.24) is 9.95 Å². The van der Waals surface area contributed by atoms with Gasteiger partial charge in [0, 0.05) is 0 Å². The van der Waals surface area contributed by atoms with Gasteiger partial charge in [0.15, 0.2) is 5.43 Å². The summed E-state index contributed by atoms with van der Waals surface area (Å²) in [6, 6.07) is 3.26. The number of primary amides is 1. The lowest BCUT2D eigenvalue weighted by atomic mass is 10.5. The highest BCUT2D eigenvalue weighted by molar-refractivity contribution is 5.71. The molecule has 6 nitrogen and oxygen atoms in total. The van der Waals surface area contributed by atoms with Crippen LogP contribution in [-0.2, 0) is 0 Å². The van der Waals surface area contributed by atoms with E-state index in [1.54, 1.807) is 0 Å². The van der Waals surface area contributed by atoms with Crippen molar-refractivity contribution in [2.24, 2.45) is 5.73 Å². The molecule has 0 aromatic carbocycles. The van der Waals surface area contributed by atoms with Gasteiger partial charge in [-0.05, 0) is 17.0 Å². The molecule has 0 aliphatic rings. The lowest BCUT2D eigenvalue weighted by Crippen LogP contribution is -2.21. The molecule has 0 atom stereocenters. The molecule has 0 unspecified atom stereocenters. The highest BCUT2D eigenvalue weighted by atomic mass is 16.5. The zero-order chi connectivity index (χ0) is 9.68. The fourth-order valence-electron chi connectivity index (χ4n) is 0.577. The van der Waals surface area contributed by atoms with Crippen molar-refractivity contribution < 1.29 is 9.32 Å². The summed E-state index contributed by atoms with van der Waals surface area (Å²) in [5.74, 6) is 0. The van der Waals surface area contributed by atoms with E-state index < -0.39 is 6.03 Å². The van der Waals surface area contributed by atoms with Crippen LogP contribution >= 0.6 is 0 Å². The standard InChI is InChI=1S/C7H7N3O3/c8-7(12)10-9-5-6(11)3-1-2-4-13-10/h1-5H,(H2,8,12). The minimum atomic E-state index is -0.907. The van der Waals surface area contributed by atoms with E-state index >= 15 is 0 Å². The highest BCUT2D eigenvalue weighted by Crippen LogP contribution is 1.76. The van der Waals surface area contributed by atoms with E-state index in [-0.39, 0.29) is 5.43 Å². The number of hydrogen-bond acceptors (Lipinski definition) is 4. The molecule has 0 bridgehead atoms. The van der Waals surface area contributed by atoms with E-state index in [1.807, 2.05) is 0 Å². The maximum atomic E-state index is 10.9. The van der Waals surface area contributed by atoms with E-state index in [1.165, 1.54) is 24.5 Å². The van der Waals surface area contributed by atoms with Gasteiger partial charge in [-0.15, -0.1) is 5.10 Å². The van der Waals surface area contributed by atoms with Crippen molar-refractivity contribution in [2.45, 2.75) is 0 Å². The Morgan fingerprint density at radius 3 is 3.00 bits per heavy atom. The third kappa shape index (κ3) is 2.78. The molecule has 1 heterocycles. The van der Waals surface area contributed by atoms with Crippen molar-refractivity contribution in [1.29, 1.82) is 0 Å². The monoisotopic (exact) mass is 181 g/mol. The largest absolute Gasteiger partial charge is 0.370 e. The predicted octanol–water partition coefficient (Wildman–Crippen LogP) is -0.113. The summed E-state index contributed by atoms with van der Waals surface area (Å²) in [6.07, 6.45) is 2.10. The highest BCUT2D eigenvalue weighted by Gasteiger charge is 1.93. The van der Waals surface area contributed by atoms with Gasteiger partial charge in [-0.2, -0.15) is 0 Å². The van der Waals surface area contributed by atoms with Crippen molar-refractivity contribution in [2.75, 3.05) is 0 Å². The van der Waals surface area contributed by atoms with Crippen LogP contribution in [0.3, 0.4) is 0 Å². The molecule has 1 aromatic heterocycles. The van der Waals surface area contributed by atoms with Crippen LogP contribution in [0, 0.1) is 0 Å². The zero-order valence-corrected chi connectivity index (χ0v) is 6.58. The average molecular weight is 181 g/mol. The summed E-state index contributed by atoms with van der Waals surface area (Å²) < 4.78 is 4.65. The maximum Gasteiger partial charge on any atom is 0.370 e. The average Bonchev–Trinajstić information content (AvgIpc) is 2.17. The molecule has 1 amide bonds. The summed E-state index contributed by atoms with van der Waals surface area (Å²) >= 11 is 0. The van der Waals surface area contributed by atoms with Crippen LogP contribution in [0.4, 0.5) is 4.79 Å². The second-order valence-corrected chi connectivity index (χ2v) is 2.05. The van der Waals surface area contributed by atoms with Crippen LogP contribution in [0.1, 0.15) is 0 Å². The molecule has 0 radical (unpaired) electrons. The number of aromatic nitrogens is 2. The second-order valence-electron chi connectivity index (χ2n) is 2.05. The Kier molecular flexibility index (Phi) is 2.80. The molecule has 13 heavy (non-hydrogen) atoms. The van der Waals surface area contributed by atoms with E-state index in [0.29, 0.717) is 4.85 Å². The SMILES string of the molecule is NC(=O)n1ncc(=O)cccco1. The first-order chi connectivity index (χ1) is 6.20. The van der Waals surface area contributed by atoms with Gasteiger partial charge in [0.25, 0.3) is 0 Å². The van der Waals surface area contributed by atoms with E-state index in [4.69, 9.17) is 5.73 Å². The molecule has 0 aliphatic heterocycles. The van der Waals surface area contributed by atoms with Crippen LogP contribution < -0.4 is 11.2 Å². The van der Waals surface area contributed by atoms with Crippen molar-refractivity contribution in [3.05, 3.63) is 40.9 Å². The number of amides is 1. The van der Waals surface area contributed by atoms with Crippen LogP contribution in [-0.4, -0.2) is 16.0 Å². The van der Waals surface area contributed by atoms with Crippen LogP contribution in [0.25, 0.3) is 0 Å². The fraction of sp³-hybridized carbons (Fsp3) is 0. The lowest BCUT2D eigenvalue weighted by molar-refractivity contribution is 0.201. The zero-order valence-electron chi connectivity index (χ0n) is 6.58. The van der Waals surface area contributed by atoms with Gasteiger partial charge in [-0.3, -0.25) is 4.79 Å². The summed E-state index contributed by atoms with van der Waals surface area (Å²) in [4.78, 5) is 21.9. The molecule has 0 spiro atoms. The predicted molar refractivity (Wildman–Crippen MR) is 43.4 cm³/mol. The molecular weight excluding hydrogens is 174 g/mol. The topological polar surface area (TPSA) is 91.1 Å². The molecule has 2 N–H and O–H groups in total. The van der Waals surface area contributed by atoms with Crippen LogP contribution in [0.2, 0.25) is 0 Å². The summed E-state index contributed by atoms with van der Waals surface area (Å²) in [5, 5.41) is 3.38. The van der Waals surface area contributed by atoms with Gasteiger partial charge in [0.05, 0.1) is 6.20 Å². The Hall–Kier alpha value is -2.11. The van der Waals surface area contributed by atoms with Crippen molar-refractivity contribution >= 4 is 6.03 Å². The minimum Gasteiger partial charge on any atom is -0.361 e. The molecule has 1 rings (SSSR count). The Morgan fingerprint density at radius 1 is 1.54 bits per heavy atom. The molecule has 6 heteroatoms. The molecule has 0 fully saturated rings. The van der Waals surface area contributed by atoms with E-state index in [2.05, 4.69) is 9.62 Å². The van der Waals surface area contributed by atoms with E-state index in [9.17, 15) is 9.59 Å². The smallest absolute Gasteiger partial charge is 0.361 e. The van der Waals surface area contributed by atoms with Gasteiger partial charge in [-0.1, -0.05) is 6.07 Å². The molecule has 68 valence electrons. The van der Waals surface area contributed by atoms with Crippen molar-refractivity contribution in [3.8, 4) is 0 Å². The number of rotatable bonds is 0. The number of hydrogen-bond donors (Lipinski definition) is 1. The first kappa shape index (κ1) is 8.98. The number of carbonyl (C=O) groups is 1. The van der Waals surface area contributed by atoms with Crippen LogP contribution in [0.5, 0.6) is 0 Å². The molecule has 1 aromatic rings. The molecule has 0 saturated heterocycles. The lowest BCUT2D eigenvalue weighted by Gasteiger charge is -1.89. The van der Waals surface area contributed by atoms with Gasteiger partial charge in [0.2, 0.25) is 0 Å². The van der Waals surface area contributed by atoms with E-state index in [0.717, 1.165) is 6.20 Å². The third-order valence-corrected chi connectivity index (χ3v) is 1.09. The number of nitrogens with two attached hydrogens (primary N) is 1. The first-order valence-electron chi connectivity index (χ1n) is 3.37. The summed E-state index contributed by atoms with van der Waals surface area (Å²) in [5.41, 5.74) is 4.51. The molecule has 0 saturated carbocycles. The Balaban J connectivity index is 3.37. The third-order valence-electron chi connectivity index (χ3n) is 1.09. The first-order valence-corrected chi connectivity index (χ1v) is 3.37.